The van der Waals surface area contributed by atoms with Crippen molar-refractivity contribution in [1.82, 2.24) is 10.6 Å². The van der Waals surface area contributed by atoms with E-state index in [4.69, 9.17) is 0 Å². The summed E-state index contributed by atoms with van der Waals surface area (Å²) in [6.07, 6.45) is 6.69. The van der Waals surface area contributed by atoms with E-state index in [0.717, 1.165) is 25.6 Å². The molecule has 2 rings (SSSR count). The molecule has 1 aliphatic carbocycles. The van der Waals surface area contributed by atoms with Gasteiger partial charge >= 0.3 is 0 Å². The van der Waals surface area contributed by atoms with Crippen LogP contribution in [0.3, 0.4) is 0 Å². The predicted molar refractivity (Wildman–Crippen MR) is 65.1 cm³/mol. The number of hydrogen-bond donors (Lipinski definition) is 2. The highest BCUT2D eigenvalue weighted by Gasteiger charge is 2.29. The van der Waals surface area contributed by atoms with Crippen LogP contribution in [0.15, 0.2) is 0 Å². The summed E-state index contributed by atoms with van der Waals surface area (Å²) in [5, 5.41) is 6.43. The van der Waals surface area contributed by atoms with Crippen LogP contribution in [0.2, 0.25) is 0 Å². The number of nitrogens with one attached hydrogen (secondary N) is 2. The van der Waals surface area contributed by atoms with Gasteiger partial charge in [0.25, 0.3) is 0 Å². The second kappa shape index (κ2) is 5.67. The molecule has 0 aromatic rings. The molecule has 0 spiro atoms. The molecule has 2 aliphatic rings. The third kappa shape index (κ3) is 2.97. The summed E-state index contributed by atoms with van der Waals surface area (Å²) in [5.74, 6) is 1.69. The van der Waals surface area contributed by atoms with E-state index in [-0.39, 0.29) is 11.8 Å². The fraction of sp³-hybridized carbons (Fsp3) is 0.923. The largest absolute Gasteiger partial charge is 0.356 e. The zero-order valence-corrected chi connectivity index (χ0v) is 10.3. The van der Waals surface area contributed by atoms with Crippen LogP contribution in [0.5, 0.6) is 0 Å². The average Bonchev–Trinajstić information content (AvgIpc) is 2.74. The van der Waals surface area contributed by atoms with Gasteiger partial charge < -0.3 is 10.6 Å². The number of carbonyl (C=O) groups is 1. The van der Waals surface area contributed by atoms with Crippen molar-refractivity contribution in [2.24, 2.45) is 17.8 Å². The lowest BCUT2D eigenvalue weighted by molar-refractivity contribution is -0.125. The van der Waals surface area contributed by atoms with E-state index >= 15 is 0 Å². The summed E-state index contributed by atoms with van der Waals surface area (Å²) in [6, 6.07) is 0. The van der Waals surface area contributed by atoms with Gasteiger partial charge in [-0.25, -0.2) is 0 Å². The molecule has 0 aromatic heterocycles. The summed E-state index contributed by atoms with van der Waals surface area (Å²) in [4.78, 5) is 11.9. The first-order chi connectivity index (χ1) is 7.77. The molecule has 2 atom stereocenters. The molecule has 1 saturated heterocycles. The first-order valence-electron chi connectivity index (χ1n) is 6.76. The van der Waals surface area contributed by atoms with Crippen molar-refractivity contribution in [2.75, 3.05) is 19.6 Å². The lowest BCUT2D eigenvalue weighted by atomic mass is 9.89. The van der Waals surface area contributed by atoms with Crippen molar-refractivity contribution in [1.29, 1.82) is 0 Å². The fourth-order valence-corrected chi connectivity index (χ4v) is 2.93. The Morgan fingerprint density at radius 3 is 2.62 bits per heavy atom. The molecule has 1 heterocycles. The van der Waals surface area contributed by atoms with Crippen molar-refractivity contribution in [3.05, 3.63) is 0 Å². The Morgan fingerprint density at radius 1 is 1.25 bits per heavy atom. The molecule has 0 radical (unpaired) electrons. The topological polar surface area (TPSA) is 41.1 Å². The van der Waals surface area contributed by atoms with E-state index < -0.39 is 0 Å². The summed E-state index contributed by atoms with van der Waals surface area (Å²) in [7, 11) is 0. The van der Waals surface area contributed by atoms with Crippen molar-refractivity contribution in [3.8, 4) is 0 Å². The lowest BCUT2D eigenvalue weighted by Gasteiger charge is -2.23. The van der Waals surface area contributed by atoms with Crippen LogP contribution in [-0.4, -0.2) is 25.5 Å². The SMILES string of the molecule is C[C@@H]1CNC[C@H]1C(=O)NCC1CCCCC1. The number of rotatable bonds is 3. The Hall–Kier alpha value is -0.570. The van der Waals surface area contributed by atoms with E-state index in [1.165, 1.54) is 32.1 Å². The first-order valence-corrected chi connectivity index (χ1v) is 6.76. The molecule has 0 bridgehead atoms. The Labute approximate surface area is 98.4 Å². The van der Waals surface area contributed by atoms with Crippen LogP contribution in [0.1, 0.15) is 39.0 Å². The normalized spacial score (nSPS) is 31.6. The van der Waals surface area contributed by atoms with Crippen LogP contribution >= 0.6 is 0 Å². The van der Waals surface area contributed by atoms with Gasteiger partial charge in [-0.05, 0) is 31.2 Å². The zero-order chi connectivity index (χ0) is 11.4. The molecule has 92 valence electrons. The van der Waals surface area contributed by atoms with E-state index in [0.29, 0.717) is 5.92 Å². The van der Waals surface area contributed by atoms with Crippen molar-refractivity contribution < 1.29 is 4.79 Å². The van der Waals surface area contributed by atoms with Gasteiger partial charge in [-0.15, -0.1) is 0 Å². The van der Waals surface area contributed by atoms with E-state index in [2.05, 4.69) is 17.6 Å². The fourth-order valence-electron chi connectivity index (χ4n) is 2.93. The Bertz CT molecular complexity index is 236. The van der Waals surface area contributed by atoms with Crippen LogP contribution in [0.25, 0.3) is 0 Å². The summed E-state index contributed by atoms with van der Waals surface area (Å²) in [6.45, 7) is 4.91. The van der Waals surface area contributed by atoms with Crippen molar-refractivity contribution in [3.63, 3.8) is 0 Å². The minimum absolute atomic E-state index is 0.198. The van der Waals surface area contributed by atoms with Crippen LogP contribution in [0.4, 0.5) is 0 Å². The van der Waals surface area contributed by atoms with Gasteiger partial charge in [0.05, 0.1) is 5.92 Å². The predicted octanol–water partition coefficient (Wildman–Crippen LogP) is 1.54. The Kier molecular flexibility index (Phi) is 4.22. The molecule has 0 unspecified atom stereocenters. The lowest BCUT2D eigenvalue weighted by Crippen LogP contribution is -2.37. The monoisotopic (exact) mass is 224 g/mol. The molecular formula is C13H24N2O. The van der Waals surface area contributed by atoms with Crippen molar-refractivity contribution >= 4 is 5.91 Å². The molecule has 2 N–H and O–H groups in total. The van der Waals surface area contributed by atoms with Gasteiger partial charge in [0, 0.05) is 13.1 Å². The summed E-state index contributed by atoms with van der Waals surface area (Å²) < 4.78 is 0. The highest BCUT2D eigenvalue weighted by molar-refractivity contribution is 5.79. The molecule has 1 amide bonds. The maximum Gasteiger partial charge on any atom is 0.224 e. The first kappa shape index (κ1) is 11.9. The molecule has 0 aromatic carbocycles. The molecule has 16 heavy (non-hydrogen) atoms. The van der Waals surface area contributed by atoms with Crippen LogP contribution in [0, 0.1) is 17.8 Å². The standard InChI is InChI=1S/C13H24N2O/c1-10-7-14-9-12(10)13(16)15-8-11-5-3-2-4-6-11/h10-12,14H,2-9H2,1H3,(H,15,16)/t10-,12-/m1/s1. The van der Waals surface area contributed by atoms with Gasteiger partial charge in [0.15, 0.2) is 0 Å². The molecule has 2 fully saturated rings. The van der Waals surface area contributed by atoms with Gasteiger partial charge in [-0.2, -0.15) is 0 Å². The third-order valence-electron chi connectivity index (χ3n) is 4.14. The highest BCUT2D eigenvalue weighted by Crippen LogP contribution is 2.23. The maximum absolute atomic E-state index is 11.9. The number of hydrogen-bond acceptors (Lipinski definition) is 2. The van der Waals surface area contributed by atoms with Crippen LogP contribution in [-0.2, 0) is 4.79 Å². The summed E-state index contributed by atoms with van der Waals surface area (Å²) >= 11 is 0. The Morgan fingerprint density at radius 2 is 2.00 bits per heavy atom. The minimum atomic E-state index is 0.198. The third-order valence-corrected chi connectivity index (χ3v) is 4.14. The Balaban J connectivity index is 1.70. The van der Waals surface area contributed by atoms with Gasteiger partial charge in [0.2, 0.25) is 5.91 Å². The van der Waals surface area contributed by atoms with E-state index in [1.54, 1.807) is 0 Å². The van der Waals surface area contributed by atoms with E-state index in [1.807, 2.05) is 0 Å². The minimum Gasteiger partial charge on any atom is -0.356 e. The molecule has 3 heteroatoms. The number of carbonyl (C=O) groups excluding carboxylic acids is 1. The summed E-state index contributed by atoms with van der Waals surface area (Å²) in [5.41, 5.74) is 0. The smallest absolute Gasteiger partial charge is 0.224 e. The zero-order valence-electron chi connectivity index (χ0n) is 10.3. The molecule has 1 aliphatic heterocycles. The van der Waals surface area contributed by atoms with Crippen molar-refractivity contribution in [2.45, 2.75) is 39.0 Å². The van der Waals surface area contributed by atoms with E-state index in [9.17, 15) is 4.79 Å². The maximum atomic E-state index is 11.9. The van der Waals surface area contributed by atoms with Crippen LogP contribution < -0.4 is 10.6 Å². The average molecular weight is 224 g/mol. The molecular weight excluding hydrogens is 200 g/mol. The quantitative estimate of drug-likeness (QED) is 0.763. The van der Waals surface area contributed by atoms with Gasteiger partial charge in [-0.1, -0.05) is 26.2 Å². The highest BCUT2D eigenvalue weighted by atomic mass is 16.1. The second-order valence-electron chi connectivity index (χ2n) is 5.49. The van der Waals surface area contributed by atoms with Gasteiger partial charge in [-0.3, -0.25) is 4.79 Å². The number of amides is 1. The van der Waals surface area contributed by atoms with Gasteiger partial charge in [0.1, 0.15) is 0 Å². The molecule has 3 nitrogen and oxygen atoms in total. The second-order valence-corrected chi connectivity index (χ2v) is 5.49. The molecule has 1 saturated carbocycles.